The fraction of sp³-hybridized carbons (Fsp3) is 0.333. The molecule has 2 heterocycles. The minimum Gasteiger partial charge on any atom is -0.491 e. The second-order valence-electron chi connectivity index (χ2n) is 7.80. The third-order valence-electron chi connectivity index (χ3n) is 5.70. The molecule has 5 nitrogen and oxygen atoms in total. The highest BCUT2D eigenvalue weighted by atomic mass is 32.1. The van der Waals surface area contributed by atoms with Gasteiger partial charge in [0.15, 0.2) is 5.13 Å². The normalized spacial score (nSPS) is 17.7. The Morgan fingerprint density at radius 1 is 1.13 bits per heavy atom. The monoisotopic (exact) mass is 420 g/mol. The highest BCUT2D eigenvalue weighted by Gasteiger charge is 2.17. The lowest BCUT2D eigenvalue weighted by molar-refractivity contribution is 0.0679. The van der Waals surface area contributed by atoms with E-state index < -0.39 is 0 Å². The van der Waals surface area contributed by atoms with Crippen molar-refractivity contribution in [3.05, 3.63) is 64.5 Å². The number of rotatable bonds is 6. The summed E-state index contributed by atoms with van der Waals surface area (Å²) in [6, 6.07) is 13.8. The zero-order valence-electron chi connectivity index (χ0n) is 16.7. The van der Waals surface area contributed by atoms with Crippen molar-refractivity contribution in [3.8, 4) is 17.0 Å². The molecule has 1 atom stereocenters. The Balaban J connectivity index is 1.20. The molecule has 6 heteroatoms. The standard InChI is InChI=1S/C24H24N2O3S/c27-23(17-8-10-20(11-9-17)29-14-21-5-2-12-28-21)26-24-25-22(15-30-24)19-7-6-16-3-1-4-18(16)13-19/h6-11,13,15,21H,1-5,12,14H2,(H,25,26,27). The predicted octanol–water partition coefficient (Wildman–Crippen LogP) is 5.11. The molecule has 1 amide bonds. The quantitative estimate of drug-likeness (QED) is 0.602. The van der Waals surface area contributed by atoms with Gasteiger partial charge in [0.05, 0.1) is 11.8 Å². The van der Waals surface area contributed by atoms with Crippen LogP contribution in [0.15, 0.2) is 47.8 Å². The molecule has 2 aliphatic rings. The Bertz CT molecular complexity index is 1040. The van der Waals surface area contributed by atoms with E-state index in [-0.39, 0.29) is 12.0 Å². The van der Waals surface area contributed by atoms with E-state index in [9.17, 15) is 4.79 Å². The van der Waals surface area contributed by atoms with Gasteiger partial charge in [0.25, 0.3) is 5.91 Å². The van der Waals surface area contributed by atoms with Gasteiger partial charge < -0.3 is 9.47 Å². The van der Waals surface area contributed by atoms with E-state index in [1.807, 2.05) is 17.5 Å². The Hall–Kier alpha value is -2.70. The van der Waals surface area contributed by atoms with Crippen LogP contribution in [0.4, 0.5) is 5.13 Å². The first-order valence-corrected chi connectivity index (χ1v) is 11.4. The molecule has 2 aromatic carbocycles. The Labute approximate surface area is 180 Å². The van der Waals surface area contributed by atoms with Crippen LogP contribution in [0.25, 0.3) is 11.3 Å². The number of hydrogen-bond acceptors (Lipinski definition) is 5. The van der Waals surface area contributed by atoms with E-state index in [1.165, 1.54) is 35.3 Å². The molecule has 154 valence electrons. The van der Waals surface area contributed by atoms with Gasteiger partial charge in [-0.15, -0.1) is 11.3 Å². The summed E-state index contributed by atoms with van der Waals surface area (Å²) in [4.78, 5) is 17.2. The lowest BCUT2D eigenvalue weighted by atomic mass is 10.1. The van der Waals surface area contributed by atoms with Crippen LogP contribution in [0.5, 0.6) is 5.75 Å². The number of aromatic nitrogens is 1. The Kier molecular flexibility index (Phi) is 5.51. The van der Waals surface area contributed by atoms with Gasteiger partial charge in [-0.3, -0.25) is 10.1 Å². The maximum atomic E-state index is 12.6. The van der Waals surface area contributed by atoms with Crippen LogP contribution in [0.2, 0.25) is 0 Å². The summed E-state index contributed by atoms with van der Waals surface area (Å²) in [5.74, 6) is 0.575. The largest absolute Gasteiger partial charge is 0.491 e. The van der Waals surface area contributed by atoms with Gasteiger partial charge in [0.2, 0.25) is 0 Å². The molecule has 0 spiro atoms. The number of aryl methyl sites for hydroxylation is 2. The number of fused-ring (bicyclic) bond motifs is 1. The maximum absolute atomic E-state index is 12.6. The smallest absolute Gasteiger partial charge is 0.257 e. The van der Waals surface area contributed by atoms with Gasteiger partial charge in [-0.05, 0) is 73.6 Å². The van der Waals surface area contributed by atoms with Gasteiger partial charge in [0, 0.05) is 23.1 Å². The maximum Gasteiger partial charge on any atom is 0.257 e. The van der Waals surface area contributed by atoms with Crippen molar-refractivity contribution < 1.29 is 14.3 Å². The molecule has 0 radical (unpaired) electrons. The number of nitrogens with zero attached hydrogens (tertiary/aromatic N) is 1. The van der Waals surface area contributed by atoms with Crippen LogP contribution >= 0.6 is 11.3 Å². The Morgan fingerprint density at radius 3 is 2.83 bits per heavy atom. The molecule has 0 saturated carbocycles. The van der Waals surface area contributed by atoms with Crippen LogP contribution in [-0.2, 0) is 17.6 Å². The lowest BCUT2D eigenvalue weighted by Gasteiger charge is -2.11. The number of anilines is 1. The third kappa shape index (κ3) is 4.25. The molecule has 1 aromatic heterocycles. The van der Waals surface area contributed by atoms with Crippen LogP contribution in [0, 0.1) is 0 Å². The summed E-state index contributed by atoms with van der Waals surface area (Å²) in [6.07, 6.45) is 5.86. The molecule has 0 bridgehead atoms. The van der Waals surface area contributed by atoms with Gasteiger partial charge in [-0.2, -0.15) is 0 Å². The van der Waals surface area contributed by atoms with Gasteiger partial charge in [0.1, 0.15) is 12.4 Å². The second-order valence-corrected chi connectivity index (χ2v) is 8.66. The van der Waals surface area contributed by atoms with Gasteiger partial charge in [-0.25, -0.2) is 4.98 Å². The molecule has 3 aromatic rings. The van der Waals surface area contributed by atoms with Crippen molar-refractivity contribution in [2.75, 3.05) is 18.5 Å². The average molecular weight is 421 g/mol. The molecule has 5 rings (SSSR count). The van der Waals surface area contributed by atoms with Crippen molar-refractivity contribution >= 4 is 22.4 Å². The van der Waals surface area contributed by atoms with Crippen molar-refractivity contribution in [3.63, 3.8) is 0 Å². The van der Waals surface area contributed by atoms with Crippen LogP contribution in [0.1, 0.15) is 40.7 Å². The van der Waals surface area contributed by atoms with Crippen LogP contribution in [0.3, 0.4) is 0 Å². The zero-order chi connectivity index (χ0) is 20.3. The number of amides is 1. The summed E-state index contributed by atoms with van der Waals surface area (Å²) in [5, 5.41) is 5.50. The van der Waals surface area contributed by atoms with E-state index in [2.05, 4.69) is 28.5 Å². The lowest BCUT2D eigenvalue weighted by Crippen LogP contribution is -2.16. The first-order chi connectivity index (χ1) is 14.7. The van der Waals surface area contributed by atoms with E-state index in [1.54, 1.807) is 12.1 Å². The summed E-state index contributed by atoms with van der Waals surface area (Å²) in [5.41, 5.74) is 5.47. The Morgan fingerprint density at radius 2 is 2.00 bits per heavy atom. The minimum atomic E-state index is -0.171. The topological polar surface area (TPSA) is 60.5 Å². The van der Waals surface area contributed by atoms with E-state index in [0.29, 0.717) is 17.3 Å². The van der Waals surface area contributed by atoms with Crippen LogP contribution in [-0.4, -0.2) is 30.2 Å². The van der Waals surface area contributed by atoms with Crippen LogP contribution < -0.4 is 10.1 Å². The summed E-state index contributed by atoms with van der Waals surface area (Å²) >= 11 is 1.44. The second kappa shape index (κ2) is 8.58. The average Bonchev–Trinajstić information content (AvgIpc) is 3.53. The summed E-state index contributed by atoms with van der Waals surface area (Å²) in [6.45, 7) is 1.37. The SMILES string of the molecule is O=C(Nc1nc(-c2ccc3c(c2)CCC3)cs1)c1ccc(OCC2CCCO2)cc1. The molecule has 1 unspecified atom stereocenters. The number of ether oxygens (including phenoxy) is 2. The number of hydrogen-bond donors (Lipinski definition) is 1. The molecule has 1 fully saturated rings. The molecular formula is C24H24N2O3S. The molecule has 1 saturated heterocycles. The van der Waals surface area contributed by atoms with Crippen molar-refractivity contribution in [2.24, 2.45) is 0 Å². The van der Waals surface area contributed by atoms with E-state index in [4.69, 9.17) is 9.47 Å². The number of benzene rings is 2. The first kappa shape index (κ1) is 19.3. The van der Waals surface area contributed by atoms with Gasteiger partial charge in [-0.1, -0.05) is 12.1 Å². The minimum absolute atomic E-state index is 0.171. The highest BCUT2D eigenvalue weighted by molar-refractivity contribution is 7.14. The molecule has 1 aliphatic heterocycles. The first-order valence-electron chi connectivity index (χ1n) is 10.5. The molecule has 30 heavy (non-hydrogen) atoms. The third-order valence-corrected chi connectivity index (χ3v) is 6.45. The van der Waals surface area contributed by atoms with E-state index >= 15 is 0 Å². The van der Waals surface area contributed by atoms with E-state index in [0.717, 1.165) is 42.9 Å². The van der Waals surface area contributed by atoms with Crippen molar-refractivity contribution in [2.45, 2.75) is 38.2 Å². The number of thiazole rings is 1. The molecule has 1 N–H and O–H groups in total. The van der Waals surface area contributed by atoms with Gasteiger partial charge >= 0.3 is 0 Å². The number of carbonyl (C=O) groups excluding carboxylic acids is 1. The molecular weight excluding hydrogens is 396 g/mol. The van der Waals surface area contributed by atoms with Crippen molar-refractivity contribution in [1.82, 2.24) is 4.98 Å². The predicted molar refractivity (Wildman–Crippen MR) is 118 cm³/mol. The zero-order valence-corrected chi connectivity index (χ0v) is 17.5. The number of nitrogens with one attached hydrogen (secondary N) is 1. The summed E-state index contributed by atoms with van der Waals surface area (Å²) < 4.78 is 11.3. The van der Waals surface area contributed by atoms with Crippen molar-refractivity contribution in [1.29, 1.82) is 0 Å². The fourth-order valence-electron chi connectivity index (χ4n) is 4.03. The summed E-state index contributed by atoms with van der Waals surface area (Å²) in [7, 11) is 0. The highest BCUT2D eigenvalue weighted by Crippen LogP contribution is 2.30. The number of carbonyl (C=O) groups is 1. The fourth-order valence-corrected chi connectivity index (χ4v) is 4.75. The molecule has 1 aliphatic carbocycles.